The first kappa shape index (κ1) is 14.6. The highest BCUT2D eigenvalue weighted by Gasteiger charge is 2.08. The monoisotopic (exact) mass is 273 g/mol. The summed E-state index contributed by atoms with van der Waals surface area (Å²) in [6, 6.07) is 8.50. The molecule has 0 saturated heterocycles. The number of aromatic nitrogens is 2. The Kier molecular flexibility index (Phi) is 4.79. The molecule has 1 aromatic heterocycles. The van der Waals surface area contributed by atoms with Crippen LogP contribution in [0.25, 0.3) is 5.69 Å². The van der Waals surface area contributed by atoms with Crippen molar-refractivity contribution in [3.05, 3.63) is 41.7 Å². The van der Waals surface area contributed by atoms with Crippen LogP contribution < -0.4 is 10.1 Å². The zero-order valence-electron chi connectivity index (χ0n) is 12.7. The van der Waals surface area contributed by atoms with E-state index in [0.717, 1.165) is 18.0 Å². The van der Waals surface area contributed by atoms with Gasteiger partial charge in [0.25, 0.3) is 0 Å². The second-order valence-corrected chi connectivity index (χ2v) is 5.13. The van der Waals surface area contributed by atoms with Crippen LogP contribution >= 0.6 is 0 Å². The fourth-order valence-corrected chi connectivity index (χ4v) is 2.04. The van der Waals surface area contributed by atoms with E-state index in [9.17, 15) is 0 Å². The quantitative estimate of drug-likeness (QED) is 0.879. The maximum Gasteiger partial charge on any atom is 0.119 e. The zero-order valence-corrected chi connectivity index (χ0v) is 12.7. The molecule has 0 radical (unpaired) electrons. The van der Waals surface area contributed by atoms with Gasteiger partial charge < -0.3 is 10.1 Å². The molecule has 4 nitrogen and oxygen atoms in total. The average Bonchev–Trinajstić information content (AvgIpc) is 2.79. The van der Waals surface area contributed by atoms with Crippen molar-refractivity contribution in [3.8, 4) is 11.4 Å². The molecule has 0 saturated carbocycles. The molecule has 0 spiro atoms. The first-order valence-corrected chi connectivity index (χ1v) is 7.12. The van der Waals surface area contributed by atoms with Crippen molar-refractivity contribution >= 4 is 0 Å². The Morgan fingerprint density at radius 2 is 1.95 bits per heavy atom. The lowest BCUT2D eigenvalue weighted by atomic mass is 10.2. The molecule has 20 heavy (non-hydrogen) atoms. The van der Waals surface area contributed by atoms with Gasteiger partial charge in [0.2, 0.25) is 0 Å². The van der Waals surface area contributed by atoms with Crippen LogP contribution in [-0.4, -0.2) is 22.4 Å². The maximum absolute atomic E-state index is 5.46. The largest absolute Gasteiger partial charge is 0.494 e. The first-order valence-electron chi connectivity index (χ1n) is 7.12. The smallest absolute Gasteiger partial charge is 0.119 e. The minimum atomic E-state index is 0.475. The molecule has 2 rings (SSSR count). The lowest BCUT2D eigenvalue weighted by molar-refractivity contribution is 0.340. The van der Waals surface area contributed by atoms with Crippen molar-refractivity contribution in [1.29, 1.82) is 0 Å². The predicted molar refractivity (Wildman–Crippen MR) is 81.4 cm³/mol. The first-order chi connectivity index (χ1) is 9.61. The van der Waals surface area contributed by atoms with E-state index in [1.54, 1.807) is 0 Å². The molecule has 0 aliphatic heterocycles. The molecule has 0 amide bonds. The van der Waals surface area contributed by atoms with Crippen LogP contribution in [0.15, 0.2) is 30.5 Å². The number of nitrogens with one attached hydrogen (secondary N) is 1. The highest BCUT2D eigenvalue weighted by molar-refractivity contribution is 5.39. The summed E-state index contributed by atoms with van der Waals surface area (Å²) in [5.41, 5.74) is 3.46. The van der Waals surface area contributed by atoms with E-state index in [0.29, 0.717) is 12.6 Å². The summed E-state index contributed by atoms with van der Waals surface area (Å²) in [6.07, 6.45) is 1.93. The summed E-state index contributed by atoms with van der Waals surface area (Å²) in [5.74, 6) is 0.891. The Morgan fingerprint density at radius 3 is 2.55 bits per heavy atom. The van der Waals surface area contributed by atoms with Crippen molar-refractivity contribution in [2.24, 2.45) is 0 Å². The fourth-order valence-electron chi connectivity index (χ4n) is 2.04. The van der Waals surface area contributed by atoms with Gasteiger partial charge in [-0.05, 0) is 38.1 Å². The summed E-state index contributed by atoms with van der Waals surface area (Å²) in [6.45, 7) is 9.91. The van der Waals surface area contributed by atoms with Gasteiger partial charge in [0.1, 0.15) is 5.75 Å². The average molecular weight is 273 g/mol. The van der Waals surface area contributed by atoms with Crippen molar-refractivity contribution in [1.82, 2.24) is 15.1 Å². The van der Waals surface area contributed by atoms with Crippen LogP contribution in [0.2, 0.25) is 0 Å². The van der Waals surface area contributed by atoms with Crippen molar-refractivity contribution in [3.63, 3.8) is 0 Å². The highest BCUT2D eigenvalue weighted by Crippen LogP contribution is 2.18. The van der Waals surface area contributed by atoms with Crippen LogP contribution in [0.1, 0.15) is 32.0 Å². The second-order valence-electron chi connectivity index (χ2n) is 5.13. The van der Waals surface area contributed by atoms with Crippen LogP contribution in [0, 0.1) is 6.92 Å². The third-order valence-corrected chi connectivity index (χ3v) is 3.20. The van der Waals surface area contributed by atoms with E-state index < -0.39 is 0 Å². The molecular formula is C16H23N3O. The molecule has 1 N–H and O–H groups in total. The Morgan fingerprint density at radius 1 is 1.25 bits per heavy atom. The third kappa shape index (κ3) is 3.39. The Hall–Kier alpha value is -1.81. The fraction of sp³-hybridized carbons (Fsp3) is 0.438. The summed E-state index contributed by atoms with van der Waals surface area (Å²) in [5, 5.41) is 7.90. The molecule has 4 heteroatoms. The Bertz CT molecular complexity index is 543. The number of nitrogens with zero attached hydrogens (tertiary/aromatic N) is 2. The molecule has 1 aromatic carbocycles. The zero-order chi connectivity index (χ0) is 14.5. The number of hydrogen-bond donors (Lipinski definition) is 1. The van der Waals surface area contributed by atoms with Crippen LogP contribution in [0.3, 0.4) is 0 Å². The van der Waals surface area contributed by atoms with Gasteiger partial charge in [-0.25, -0.2) is 4.68 Å². The molecule has 1 heterocycles. The van der Waals surface area contributed by atoms with Crippen molar-refractivity contribution < 1.29 is 4.74 Å². The van der Waals surface area contributed by atoms with Crippen molar-refractivity contribution in [2.45, 2.75) is 40.3 Å². The summed E-state index contributed by atoms with van der Waals surface area (Å²) in [7, 11) is 0. The van der Waals surface area contributed by atoms with Gasteiger partial charge in [-0.15, -0.1) is 0 Å². The van der Waals surface area contributed by atoms with Gasteiger partial charge in [0.05, 0.1) is 18.5 Å². The third-order valence-electron chi connectivity index (χ3n) is 3.20. The van der Waals surface area contributed by atoms with Gasteiger partial charge in [0.15, 0.2) is 0 Å². The van der Waals surface area contributed by atoms with E-state index in [4.69, 9.17) is 4.74 Å². The molecule has 108 valence electrons. The van der Waals surface area contributed by atoms with Gasteiger partial charge in [-0.1, -0.05) is 13.8 Å². The van der Waals surface area contributed by atoms with Crippen LogP contribution in [0.5, 0.6) is 5.75 Å². The highest BCUT2D eigenvalue weighted by atomic mass is 16.5. The molecule has 0 atom stereocenters. The standard InChI is InChI=1S/C16H23N3O/c1-5-20-16-8-6-15(7-9-16)19-13(4)14(11-18-19)10-17-12(2)3/h6-9,11-12,17H,5,10H2,1-4H3. The van der Waals surface area contributed by atoms with Gasteiger partial charge >= 0.3 is 0 Å². The summed E-state index contributed by atoms with van der Waals surface area (Å²) < 4.78 is 7.42. The van der Waals surface area contributed by atoms with Gasteiger partial charge in [-0.2, -0.15) is 5.10 Å². The summed E-state index contributed by atoms with van der Waals surface area (Å²) in [4.78, 5) is 0. The van der Waals surface area contributed by atoms with E-state index >= 15 is 0 Å². The van der Waals surface area contributed by atoms with E-state index in [1.807, 2.05) is 42.1 Å². The molecule has 0 aliphatic carbocycles. The van der Waals surface area contributed by atoms with Gasteiger partial charge in [-0.3, -0.25) is 0 Å². The van der Waals surface area contributed by atoms with E-state index in [1.165, 1.54) is 11.3 Å². The lowest BCUT2D eigenvalue weighted by Crippen LogP contribution is -2.22. The summed E-state index contributed by atoms with van der Waals surface area (Å²) >= 11 is 0. The Balaban J connectivity index is 2.16. The number of benzene rings is 1. The van der Waals surface area contributed by atoms with Crippen LogP contribution in [0.4, 0.5) is 0 Å². The number of rotatable bonds is 6. The van der Waals surface area contributed by atoms with E-state index in [-0.39, 0.29) is 0 Å². The normalized spacial score (nSPS) is 11.1. The van der Waals surface area contributed by atoms with Crippen molar-refractivity contribution in [2.75, 3.05) is 6.61 Å². The minimum absolute atomic E-state index is 0.475. The minimum Gasteiger partial charge on any atom is -0.494 e. The second kappa shape index (κ2) is 6.57. The molecule has 0 unspecified atom stereocenters. The molecule has 0 aliphatic rings. The molecular weight excluding hydrogens is 250 g/mol. The maximum atomic E-state index is 5.46. The van der Waals surface area contributed by atoms with Gasteiger partial charge in [0, 0.05) is 23.8 Å². The number of hydrogen-bond acceptors (Lipinski definition) is 3. The lowest BCUT2D eigenvalue weighted by Gasteiger charge is -2.09. The SMILES string of the molecule is CCOc1ccc(-n2ncc(CNC(C)C)c2C)cc1. The topological polar surface area (TPSA) is 39.1 Å². The molecule has 0 fully saturated rings. The van der Waals surface area contributed by atoms with E-state index in [2.05, 4.69) is 31.2 Å². The molecule has 0 bridgehead atoms. The molecule has 2 aromatic rings. The Labute approximate surface area is 120 Å². The predicted octanol–water partition coefficient (Wildman–Crippen LogP) is 3.08. The van der Waals surface area contributed by atoms with Crippen LogP contribution in [-0.2, 0) is 6.54 Å². The number of ether oxygens (including phenoxy) is 1.